The van der Waals surface area contributed by atoms with Crippen molar-refractivity contribution >= 4 is 137 Å². The summed E-state index contributed by atoms with van der Waals surface area (Å²) in [6.45, 7) is 22.6. The minimum Gasteiger partial charge on any atom is -0.497 e. The number of hydrogen-bond donors (Lipinski definition) is 11. The van der Waals surface area contributed by atoms with Crippen molar-refractivity contribution in [2.45, 2.75) is 144 Å². The van der Waals surface area contributed by atoms with Gasteiger partial charge in [0.1, 0.15) is 34.8 Å². The van der Waals surface area contributed by atoms with Crippen LogP contribution < -0.4 is 55.8 Å². The molecule has 0 saturated carbocycles. The molecule has 11 aromatic heterocycles. The summed E-state index contributed by atoms with van der Waals surface area (Å²) in [5, 5.41) is 62.1. The van der Waals surface area contributed by atoms with Crippen molar-refractivity contribution in [3.63, 3.8) is 0 Å². The lowest BCUT2D eigenvalue weighted by molar-refractivity contribution is 0.228. The van der Waals surface area contributed by atoms with Gasteiger partial charge in [-0.2, -0.15) is 75.3 Å². The standard InChI is InChI=1S/C25H25N7.C23H23ClN6.C22H29N7.C22H22N6O.C18H22N6/c1-16-6-5-9-19-18(14-27-22(16)19)10-12-26-25-28-23-21-20(30-31-23)11-13-32(24(21)29-25)15-17-7-3-2-4-8-17;1-15-13-16(7-8-18(15)24)9-11-25-23-26-21-20-19(28-29-21)10-12-30(22(20)27-23)14-17-5-3-2-4-6-17;1-3-8-17(9-4-1)16-29-15-10-18-19-20(27-26-18)24-22(25-21(19)29)23-11-7-14-28-12-5-2-6-13-28;1-29-17-9-7-16(8-10-17)14-28-12-11-18-19-20(27-26-18)24-22(25-21(19)28)23-13-15-5-3-2-4-6-15;1-2-3-10-19-18-20-16-15-14(22-23-16)9-11-24(17(15)21-18)12-13-7-5-4-6-8-13/h2-9,14,27H,10-13,15H2,1H3,(H2,26,28,29,30,31);2-8,13H,9-12,14H2,1H3,(H2,25,26,27,28,29);1,3-4,8-9H,2,5-7,10-16H2,(H2,23,24,25,26,27);2-10H,11-14H2,1H3,(H2,23,24,25,26,27);4-8H,2-3,9-12H2,1H3,(H2,19,20,21,22,23). The molecule has 0 amide bonds. The second-order valence-corrected chi connectivity index (χ2v) is 38.0. The Morgan fingerprint density at radius 3 is 1.08 bits per heavy atom. The third kappa shape index (κ3) is 22.1. The number of H-pyrrole nitrogens is 6. The van der Waals surface area contributed by atoms with Crippen LogP contribution in [-0.4, -0.2) is 196 Å². The minimum atomic E-state index is 0.594. The summed E-state index contributed by atoms with van der Waals surface area (Å²) in [6, 6.07) is 73.1. The molecule has 144 heavy (non-hydrogen) atoms. The highest BCUT2D eigenvalue weighted by Crippen LogP contribution is 2.40. The fourth-order valence-electron chi connectivity index (χ4n) is 19.9. The van der Waals surface area contributed by atoms with Gasteiger partial charge >= 0.3 is 0 Å². The number of aryl methyl sites for hydroxylation is 2. The van der Waals surface area contributed by atoms with E-state index < -0.39 is 0 Å². The summed E-state index contributed by atoms with van der Waals surface area (Å²) in [5.74, 6) is 8.86. The van der Waals surface area contributed by atoms with Gasteiger partial charge in [0.2, 0.25) is 29.7 Å². The number of nitrogens with zero attached hydrogens (tertiary/aromatic N) is 21. The summed E-state index contributed by atoms with van der Waals surface area (Å²) in [7, 11) is 1.68. The molecule has 8 aromatic carbocycles. The lowest BCUT2D eigenvalue weighted by atomic mass is 10.1. The maximum Gasteiger partial charge on any atom is 0.227 e. The molecule has 0 unspecified atom stereocenters. The number of hydrogen-bond acceptors (Lipinski definition) is 27. The van der Waals surface area contributed by atoms with Crippen molar-refractivity contribution in [3.8, 4) is 5.75 Å². The van der Waals surface area contributed by atoms with E-state index in [9.17, 15) is 0 Å². The molecule has 25 rings (SSSR count). The first-order valence-electron chi connectivity index (χ1n) is 50.5. The van der Waals surface area contributed by atoms with Crippen LogP contribution in [0.3, 0.4) is 0 Å². The van der Waals surface area contributed by atoms with Crippen LogP contribution in [0.2, 0.25) is 5.02 Å². The van der Waals surface area contributed by atoms with Gasteiger partial charge in [-0.25, -0.2) is 0 Å². The molecule has 0 spiro atoms. The van der Waals surface area contributed by atoms with Crippen molar-refractivity contribution in [2.75, 3.05) is 137 Å². The largest absolute Gasteiger partial charge is 0.497 e. The predicted octanol–water partition coefficient (Wildman–Crippen LogP) is 18.8. The molecule has 0 atom stereocenters. The second kappa shape index (κ2) is 44.5. The number of benzene rings is 8. The first-order valence-corrected chi connectivity index (χ1v) is 50.9. The number of aromatic amines is 6. The van der Waals surface area contributed by atoms with Crippen molar-refractivity contribution in [1.82, 2.24) is 111 Å². The molecular weight excluding hydrogens is 1820 g/mol. The van der Waals surface area contributed by atoms with Crippen LogP contribution >= 0.6 is 11.6 Å². The smallest absolute Gasteiger partial charge is 0.227 e. The fourth-order valence-corrected chi connectivity index (χ4v) is 20.0. The Bertz CT molecular complexity index is 7540. The van der Waals surface area contributed by atoms with Gasteiger partial charge in [0.25, 0.3) is 0 Å². The SMILES string of the molecule is CCCCNc1nc2c3c([nH]nc3n1)CCN2Cc1ccccc1.COc1ccc(CN2CCc3[nH]nc4nc(NCc5ccccc5)nc2c34)cc1.Cc1cc(CCNc2nc3c4c([nH]nc4n2)CCN3Cc2ccccc2)ccc1Cl.Cc1cccc2c(CCNc3nc4c5c([nH]nc5n3)CCN4Cc3ccccc3)c[nH]c12.c1ccc(CN2CCc3[nH]nc4nc(NCCCN5CCCCC5)nc2c34)cc1. The Morgan fingerprint density at radius 2 is 0.694 bits per heavy atom. The number of rotatable bonds is 31. The van der Waals surface area contributed by atoms with Crippen LogP contribution in [0.1, 0.15) is 130 Å². The Labute approximate surface area is 840 Å². The molecule has 6 aliphatic heterocycles. The lowest BCUT2D eigenvalue weighted by Gasteiger charge is -2.28. The van der Waals surface area contributed by atoms with Crippen molar-refractivity contribution in [2.24, 2.45) is 0 Å². The Balaban J connectivity index is 0.000000106. The molecule has 0 radical (unpaired) electrons. The molecule has 17 heterocycles. The van der Waals surface area contributed by atoms with E-state index in [1.807, 2.05) is 61.5 Å². The molecule has 19 aromatic rings. The molecule has 1 saturated heterocycles. The lowest BCUT2D eigenvalue weighted by Crippen LogP contribution is -2.31. The number of methoxy groups -OCH3 is 1. The first-order chi connectivity index (χ1) is 70.9. The number of halogens is 1. The van der Waals surface area contributed by atoms with Crippen LogP contribution in [0, 0.1) is 13.8 Å². The third-order valence-electron chi connectivity index (χ3n) is 27.5. The molecule has 11 N–H and O–H groups in total. The van der Waals surface area contributed by atoms with Gasteiger partial charge < -0.3 is 65.7 Å². The Morgan fingerprint density at radius 1 is 0.340 bits per heavy atom. The zero-order chi connectivity index (χ0) is 97.4. The zero-order valence-corrected chi connectivity index (χ0v) is 82.6. The average molecular weight is 1940 g/mol. The maximum atomic E-state index is 6.13. The molecule has 33 nitrogen and oxygen atoms in total. The number of fused-ring (bicyclic) bond motifs is 1. The topological polar surface area (TPSA) is 377 Å². The molecule has 1 fully saturated rings. The number of piperidine rings is 1. The first kappa shape index (κ1) is 94.3. The Kier molecular flexibility index (Phi) is 29.2. The summed E-state index contributed by atoms with van der Waals surface area (Å²) in [5.41, 5.74) is 22.9. The average Bonchev–Trinajstić information content (AvgIpc) is 1.66. The number of likely N-dealkylation sites (tertiary alicyclic amines) is 1. The Hall–Kier alpha value is -15.9. The van der Waals surface area contributed by atoms with E-state index in [4.69, 9.17) is 41.3 Å². The van der Waals surface area contributed by atoms with Gasteiger partial charge in [0.15, 0.2) is 28.2 Å². The summed E-state index contributed by atoms with van der Waals surface area (Å²) in [4.78, 5) is 65.0. The van der Waals surface area contributed by atoms with E-state index in [0.29, 0.717) is 41.9 Å². The number of para-hydroxylation sites is 1. The van der Waals surface area contributed by atoms with Crippen LogP contribution in [-0.2, 0) is 84.2 Å². The van der Waals surface area contributed by atoms with E-state index in [-0.39, 0.29) is 0 Å². The summed E-state index contributed by atoms with van der Waals surface area (Å²) in [6.07, 6.45) is 15.9. The van der Waals surface area contributed by atoms with Crippen LogP contribution in [0.5, 0.6) is 5.75 Å². The van der Waals surface area contributed by atoms with E-state index in [2.05, 4.69) is 315 Å². The van der Waals surface area contributed by atoms with E-state index in [1.165, 1.54) is 93.3 Å². The van der Waals surface area contributed by atoms with Gasteiger partial charge in [0.05, 0.1) is 62.5 Å². The van der Waals surface area contributed by atoms with E-state index in [1.54, 1.807) is 7.11 Å². The monoisotopic (exact) mass is 1940 g/mol. The fraction of sp³-hybridized carbons (Fsp3) is 0.318. The second-order valence-electron chi connectivity index (χ2n) is 37.6. The summed E-state index contributed by atoms with van der Waals surface area (Å²) >= 11 is 6.13. The molecule has 734 valence electrons. The number of anilines is 10. The third-order valence-corrected chi connectivity index (χ3v) is 27.9. The quantitative estimate of drug-likeness (QED) is 0.0180. The van der Waals surface area contributed by atoms with Gasteiger partial charge in [-0.05, 0) is 146 Å². The number of nitrogens with one attached hydrogen (secondary N) is 11. The molecule has 0 bridgehead atoms. The van der Waals surface area contributed by atoms with E-state index >= 15 is 0 Å². The molecular formula is C110H121ClN32O. The van der Waals surface area contributed by atoms with Crippen LogP contribution in [0.25, 0.3) is 66.1 Å². The zero-order valence-electron chi connectivity index (χ0n) is 81.9. The maximum absolute atomic E-state index is 6.13. The van der Waals surface area contributed by atoms with Crippen LogP contribution in [0.15, 0.2) is 219 Å². The predicted molar refractivity (Wildman–Crippen MR) is 575 cm³/mol. The molecule has 6 aliphatic rings. The number of unbranched alkanes of at least 4 members (excludes halogenated alkanes) is 1. The highest BCUT2D eigenvalue weighted by atomic mass is 35.5. The van der Waals surface area contributed by atoms with Crippen LogP contribution in [0.4, 0.5) is 58.8 Å². The van der Waals surface area contributed by atoms with Gasteiger partial charge in [-0.1, -0.05) is 225 Å². The van der Waals surface area contributed by atoms with Crippen molar-refractivity contribution in [1.29, 1.82) is 0 Å². The highest BCUT2D eigenvalue weighted by Gasteiger charge is 2.32. The van der Waals surface area contributed by atoms with Gasteiger partial charge in [-0.3, -0.25) is 25.5 Å². The highest BCUT2D eigenvalue weighted by molar-refractivity contribution is 6.31. The van der Waals surface area contributed by atoms with Gasteiger partial charge in [-0.15, -0.1) is 0 Å². The normalized spacial score (nSPS) is 13.9. The minimum absolute atomic E-state index is 0.594. The summed E-state index contributed by atoms with van der Waals surface area (Å²) < 4.78 is 5.27. The van der Waals surface area contributed by atoms with Crippen molar-refractivity contribution < 1.29 is 4.74 Å². The number of aromatic nitrogens is 21. The number of ether oxygens (including phenoxy) is 1. The van der Waals surface area contributed by atoms with Gasteiger partial charge in [0, 0.05) is 152 Å². The molecule has 34 heteroatoms. The van der Waals surface area contributed by atoms with Crippen molar-refractivity contribution in [3.05, 3.63) is 308 Å². The molecule has 0 aliphatic carbocycles. The van der Waals surface area contributed by atoms with E-state index in [0.717, 1.165) is 286 Å².